The van der Waals surface area contributed by atoms with Crippen molar-refractivity contribution in [2.45, 2.75) is 39.0 Å². The van der Waals surface area contributed by atoms with Gasteiger partial charge in [0.05, 0.1) is 17.6 Å². The molecule has 1 aliphatic heterocycles. The van der Waals surface area contributed by atoms with Gasteiger partial charge >= 0.3 is 0 Å². The minimum Gasteiger partial charge on any atom is -0.475 e. The van der Waals surface area contributed by atoms with Crippen LogP contribution in [0.3, 0.4) is 0 Å². The van der Waals surface area contributed by atoms with E-state index in [2.05, 4.69) is 47.0 Å². The first kappa shape index (κ1) is 15.8. The topological polar surface area (TPSA) is 84.8 Å². The minimum atomic E-state index is 0.251. The quantitative estimate of drug-likeness (QED) is 0.759. The van der Waals surface area contributed by atoms with Crippen molar-refractivity contribution in [2.24, 2.45) is 0 Å². The molecule has 8 heteroatoms. The minimum absolute atomic E-state index is 0.251. The van der Waals surface area contributed by atoms with E-state index in [0.717, 1.165) is 37.4 Å². The number of hydrogen-bond acceptors (Lipinski definition) is 6. The van der Waals surface area contributed by atoms with E-state index in [1.807, 2.05) is 13.1 Å². The van der Waals surface area contributed by atoms with Crippen molar-refractivity contribution in [3.05, 3.63) is 54.0 Å². The molecule has 1 unspecified atom stereocenters. The lowest BCUT2D eigenvalue weighted by Gasteiger charge is -2.28. The van der Waals surface area contributed by atoms with Crippen molar-refractivity contribution in [3.63, 3.8) is 0 Å². The van der Waals surface area contributed by atoms with Crippen LogP contribution in [-0.4, -0.2) is 47.5 Å². The van der Waals surface area contributed by atoms with E-state index in [-0.39, 0.29) is 6.04 Å². The monoisotopic (exact) mass is 339 g/mol. The van der Waals surface area contributed by atoms with Gasteiger partial charge in [0, 0.05) is 50.0 Å². The highest BCUT2D eigenvalue weighted by molar-refractivity contribution is 5.09. The number of hydrogen-bond donors (Lipinski definition) is 1. The zero-order valence-corrected chi connectivity index (χ0v) is 14.2. The number of aryl methyl sites for hydroxylation is 2. The van der Waals surface area contributed by atoms with Gasteiger partial charge in [-0.15, -0.1) is 0 Å². The Bertz CT molecular complexity index is 813. The van der Waals surface area contributed by atoms with Crippen LogP contribution in [0.2, 0.25) is 0 Å². The first-order valence-electron chi connectivity index (χ1n) is 8.42. The van der Waals surface area contributed by atoms with Crippen LogP contribution in [0.25, 0.3) is 0 Å². The van der Waals surface area contributed by atoms with E-state index < -0.39 is 0 Å². The van der Waals surface area contributed by atoms with Gasteiger partial charge in [-0.25, -0.2) is 4.98 Å². The summed E-state index contributed by atoms with van der Waals surface area (Å²) in [6.45, 7) is 5.05. The molecule has 0 spiro atoms. The van der Waals surface area contributed by atoms with Crippen molar-refractivity contribution in [2.75, 3.05) is 6.61 Å². The highest BCUT2D eigenvalue weighted by Crippen LogP contribution is 2.20. The lowest BCUT2D eigenvalue weighted by atomic mass is 10.1. The van der Waals surface area contributed by atoms with E-state index in [1.165, 1.54) is 5.69 Å². The maximum absolute atomic E-state index is 5.88. The second kappa shape index (κ2) is 7.02. The normalized spacial score (nSPS) is 17.9. The molecule has 1 N–H and O–H groups in total. The maximum atomic E-state index is 5.88. The molecule has 0 bridgehead atoms. The van der Waals surface area contributed by atoms with E-state index in [1.54, 1.807) is 18.6 Å². The maximum Gasteiger partial charge on any atom is 0.232 e. The average Bonchev–Trinajstić information content (AvgIpc) is 3.21. The SMILES string of the molecule is Cc1cc(CN2Cc3ccnn3CCC2COc2cnccn2)n[nH]1. The van der Waals surface area contributed by atoms with Crippen LogP contribution in [-0.2, 0) is 19.6 Å². The number of H-pyrrole nitrogens is 1. The van der Waals surface area contributed by atoms with Crippen molar-refractivity contribution >= 4 is 0 Å². The number of rotatable bonds is 5. The summed E-state index contributed by atoms with van der Waals surface area (Å²) in [4.78, 5) is 10.6. The van der Waals surface area contributed by atoms with Crippen molar-refractivity contribution in [1.29, 1.82) is 0 Å². The Morgan fingerprint density at radius 1 is 1.32 bits per heavy atom. The molecule has 4 rings (SSSR count). The fourth-order valence-corrected chi connectivity index (χ4v) is 3.17. The van der Waals surface area contributed by atoms with E-state index in [9.17, 15) is 0 Å². The van der Waals surface area contributed by atoms with E-state index >= 15 is 0 Å². The molecule has 1 atom stereocenters. The number of aromatic nitrogens is 6. The molecule has 8 nitrogen and oxygen atoms in total. The molecule has 0 saturated carbocycles. The van der Waals surface area contributed by atoms with Crippen LogP contribution in [0.4, 0.5) is 0 Å². The predicted octanol–water partition coefficient (Wildman–Crippen LogP) is 1.56. The standard InChI is InChI=1S/C17H21N7O/c1-13-8-14(22-21-13)10-23-11-15-2-4-20-24(15)7-3-16(23)12-25-17-9-18-5-6-19-17/h2,4-6,8-9,16H,3,7,10-12H2,1H3,(H,21,22). The van der Waals surface area contributed by atoms with Crippen LogP contribution < -0.4 is 4.74 Å². The molecule has 0 saturated heterocycles. The number of nitrogens with one attached hydrogen (secondary N) is 1. The summed E-state index contributed by atoms with van der Waals surface area (Å²) in [7, 11) is 0. The van der Waals surface area contributed by atoms with Crippen LogP contribution in [0.15, 0.2) is 36.9 Å². The highest BCUT2D eigenvalue weighted by atomic mass is 16.5. The number of nitrogens with zero attached hydrogens (tertiary/aromatic N) is 6. The molecule has 0 amide bonds. The summed E-state index contributed by atoms with van der Waals surface area (Å²) in [5.41, 5.74) is 3.33. The van der Waals surface area contributed by atoms with Crippen molar-refractivity contribution < 1.29 is 4.74 Å². The largest absolute Gasteiger partial charge is 0.475 e. The Hall–Kier alpha value is -2.74. The Balaban J connectivity index is 1.50. The van der Waals surface area contributed by atoms with Crippen molar-refractivity contribution in [3.8, 4) is 5.88 Å². The Morgan fingerprint density at radius 2 is 2.28 bits per heavy atom. The Kier molecular flexibility index (Phi) is 4.43. The first-order valence-corrected chi connectivity index (χ1v) is 8.42. The lowest BCUT2D eigenvalue weighted by molar-refractivity contribution is 0.114. The molecule has 0 radical (unpaired) electrons. The second-order valence-electron chi connectivity index (χ2n) is 6.29. The summed E-state index contributed by atoms with van der Waals surface area (Å²) >= 11 is 0. The molecule has 4 heterocycles. The van der Waals surface area contributed by atoms with E-state index in [4.69, 9.17) is 4.74 Å². The van der Waals surface area contributed by atoms with Gasteiger partial charge in [-0.2, -0.15) is 10.2 Å². The average molecular weight is 339 g/mol. The summed E-state index contributed by atoms with van der Waals surface area (Å²) in [5, 5.41) is 11.8. The van der Waals surface area contributed by atoms with Gasteiger partial charge in [-0.05, 0) is 25.5 Å². The molecule has 25 heavy (non-hydrogen) atoms. The Labute approximate surface area is 145 Å². The fraction of sp³-hybridized carbons (Fsp3) is 0.412. The van der Waals surface area contributed by atoms with Gasteiger partial charge in [-0.1, -0.05) is 0 Å². The summed E-state index contributed by atoms with van der Waals surface area (Å²) in [6, 6.07) is 4.41. The van der Waals surface area contributed by atoms with Gasteiger partial charge in [0.25, 0.3) is 0 Å². The first-order chi connectivity index (χ1) is 12.3. The van der Waals surface area contributed by atoms with Gasteiger partial charge in [0.2, 0.25) is 5.88 Å². The molecule has 3 aromatic heterocycles. The van der Waals surface area contributed by atoms with Crippen LogP contribution in [0.5, 0.6) is 5.88 Å². The zero-order chi connectivity index (χ0) is 17.1. The van der Waals surface area contributed by atoms with Gasteiger partial charge in [0.1, 0.15) is 6.61 Å². The second-order valence-corrected chi connectivity index (χ2v) is 6.29. The third-order valence-corrected chi connectivity index (χ3v) is 4.45. The molecular weight excluding hydrogens is 318 g/mol. The zero-order valence-electron chi connectivity index (χ0n) is 14.2. The molecule has 1 aliphatic rings. The van der Waals surface area contributed by atoms with Crippen LogP contribution >= 0.6 is 0 Å². The van der Waals surface area contributed by atoms with E-state index in [0.29, 0.717) is 12.5 Å². The summed E-state index contributed by atoms with van der Waals surface area (Å²) in [5.74, 6) is 0.556. The van der Waals surface area contributed by atoms with Crippen LogP contribution in [0, 0.1) is 6.92 Å². The summed E-state index contributed by atoms with van der Waals surface area (Å²) in [6.07, 6.45) is 7.75. The molecule has 3 aromatic rings. The molecular formula is C17H21N7O. The lowest BCUT2D eigenvalue weighted by Crippen LogP contribution is -2.38. The van der Waals surface area contributed by atoms with Gasteiger partial charge in [-0.3, -0.25) is 19.7 Å². The Morgan fingerprint density at radius 3 is 3.08 bits per heavy atom. The van der Waals surface area contributed by atoms with Gasteiger partial charge in [0.15, 0.2) is 0 Å². The molecule has 0 aliphatic carbocycles. The summed E-state index contributed by atoms with van der Waals surface area (Å²) < 4.78 is 7.95. The molecule has 130 valence electrons. The highest BCUT2D eigenvalue weighted by Gasteiger charge is 2.25. The van der Waals surface area contributed by atoms with Gasteiger partial charge < -0.3 is 4.74 Å². The predicted molar refractivity (Wildman–Crippen MR) is 90.7 cm³/mol. The third-order valence-electron chi connectivity index (χ3n) is 4.45. The van der Waals surface area contributed by atoms with Crippen molar-refractivity contribution in [1.82, 2.24) is 34.8 Å². The smallest absolute Gasteiger partial charge is 0.232 e. The molecule has 0 fully saturated rings. The third kappa shape index (κ3) is 3.69. The fourth-order valence-electron chi connectivity index (χ4n) is 3.17. The molecule has 0 aromatic carbocycles. The number of aromatic amines is 1. The van der Waals surface area contributed by atoms with Crippen LogP contribution in [0.1, 0.15) is 23.5 Å². The number of fused-ring (bicyclic) bond motifs is 1. The number of ether oxygens (including phenoxy) is 1.